The summed E-state index contributed by atoms with van der Waals surface area (Å²) in [5.41, 5.74) is 3.36. The number of thioether (sulfide) groups is 1. The van der Waals surface area contributed by atoms with Crippen molar-refractivity contribution in [2.24, 2.45) is 0 Å². The molecular weight excluding hydrogens is 500 g/mol. The number of nitrogens with zero attached hydrogens (tertiary/aromatic N) is 3. The normalized spacial score (nSPS) is 14.5. The van der Waals surface area contributed by atoms with Crippen LogP contribution in [0.2, 0.25) is 0 Å². The number of nitrogens with one attached hydrogen (secondary N) is 1. The zero-order chi connectivity index (χ0) is 23.0. The van der Waals surface area contributed by atoms with Gasteiger partial charge in [-0.15, -0.1) is 10.2 Å². The number of halogens is 1. The Balaban J connectivity index is 1.69. The fraction of sp³-hybridized carbons (Fsp3) is 0.400. The van der Waals surface area contributed by atoms with Crippen LogP contribution >= 0.6 is 27.7 Å². The molecule has 4 rings (SSSR count). The van der Waals surface area contributed by atoms with Crippen molar-refractivity contribution in [3.8, 4) is 22.9 Å². The van der Waals surface area contributed by atoms with Crippen LogP contribution in [0.15, 0.2) is 52.1 Å². The van der Waals surface area contributed by atoms with Crippen molar-refractivity contribution in [2.75, 3.05) is 17.7 Å². The first-order chi connectivity index (χ1) is 16.2. The molecule has 0 amide bonds. The largest absolute Gasteiger partial charge is 0.493 e. The van der Waals surface area contributed by atoms with Crippen LogP contribution in [0.25, 0.3) is 11.3 Å². The topological polar surface area (TPSA) is 69.2 Å². The Morgan fingerprint density at radius 2 is 1.91 bits per heavy atom. The first-order valence-electron chi connectivity index (χ1n) is 11.5. The smallest absolute Gasteiger partial charge is 0.247 e. The molecular formula is C25H29BrN4O2S. The number of anilines is 1. The lowest BCUT2D eigenvalue weighted by atomic mass is 10.1. The van der Waals surface area contributed by atoms with Crippen molar-refractivity contribution < 1.29 is 9.47 Å². The van der Waals surface area contributed by atoms with Crippen molar-refractivity contribution in [1.29, 1.82) is 0 Å². The Labute approximate surface area is 208 Å². The molecule has 0 spiro atoms. The van der Waals surface area contributed by atoms with Crippen LogP contribution < -0.4 is 14.8 Å². The van der Waals surface area contributed by atoms with Gasteiger partial charge in [0.05, 0.1) is 12.2 Å². The maximum atomic E-state index is 6.45. The number of hydrogen-bond donors (Lipinski definition) is 1. The second kappa shape index (κ2) is 11.7. The minimum absolute atomic E-state index is 0.471. The number of rotatable bonds is 10. The lowest BCUT2D eigenvalue weighted by Gasteiger charge is -2.22. The number of benzene rings is 2. The maximum absolute atomic E-state index is 6.45. The zero-order valence-corrected chi connectivity index (χ0v) is 21.4. The molecule has 2 heterocycles. The summed E-state index contributed by atoms with van der Waals surface area (Å²) < 4.78 is 13.5. The number of fused-ring (bicyclic) bond motifs is 3. The SMILES string of the molecule is CCCCCOc1ccccc1[C@H]1Nc2ccc(Br)cc2-c2nnc(SCCCC)nc2O1. The van der Waals surface area contributed by atoms with Crippen LogP contribution in [-0.4, -0.2) is 27.5 Å². The van der Waals surface area contributed by atoms with E-state index in [9.17, 15) is 0 Å². The summed E-state index contributed by atoms with van der Waals surface area (Å²) in [6.07, 6.45) is 5.10. The molecule has 174 valence electrons. The molecule has 0 unspecified atom stereocenters. The molecule has 0 aliphatic carbocycles. The minimum Gasteiger partial charge on any atom is -0.493 e. The standard InChI is InChI=1S/C25H29BrN4O2S/c1-3-5-9-14-31-21-11-8-7-10-18(21)23-27-20-13-12-17(26)16-19(20)22-24(32-23)28-25(30-29-22)33-15-6-4-2/h7-8,10-13,16,23,27H,3-6,9,14-15H2,1-2H3/t23-/m0/s1. The average molecular weight is 530 g/mol. The lowest BCUT2D eigenvalue weighted by Crippen LogP contribution is -2.18. The second-order valence-corrected chi connectivity index (χ2v) is 9.85. The van der Waals surface area contributed by atoms with Crippen LogP contribution in [0.4, 0.5) is 5.69 Å². The molecule has 1 aromatic heterocycles. The zero-order valence-electron chi connectivity index (χ0n) is 19.0. The van der Waals surface area contributed by atoms with Gasteiger partial charge in [-0.3, -0.25) is 0 Å². The van der Waals surface area contributed by atoms with Crippen molar-refractivity contribution in [3.63, 3.8) is 0 Å². The summed E-state index contributed by atoms with van der Waals surface area (Å²) in [6.45, 7) is 5.04. The molecule has 0 fully saturated rings. The molecule has 0 bridgehead atoms. The molecule has 1 atom stereocenters. The number of para-hydroxylation sites is 1. The van der Waals surface area contributed by atoms with Crippen LogP contribution in [0.1, 0.15) is 57.7 Å². The van der Waals surface area contributed by atoms with E-state index in [1.165, 1.54) is 0 Å². The molecule has 1 aliphatic rings. The number of aromatic nitrogens is 3. The molecule has 3 aromatic rings. The molecule has 0 radical (unpaired) electrons. The highest BCUT2D eigenvalue weighted by atomic mass is 79.9. The molecule has 0 saturated carbocycles. The molecule has 8 heteroatoms. The third kappa shape index (κ3) is 5.98. The third-order valence-corrected chi connectivity index (χ3v) is 6.74. The molecule has 33 heavy (non-hydrogen) atoms. The van der Waals surface area contributed by atoms with E-state index in [0.29, 0.717) is 23.3 Å². The van der Waals surface area contributed by atoms with Gasteiger partial charge >= 0.3 is 0 Å². The van der Waals surface area contributed by atoms with Gasteiger partial charge in [-0.25, -0.2) is 0 Å². The van der Waals surface area contributed by atoms with E-state index >= 15 is 0 Å². The second-order valence-electron chi connectivity index (χ2n) is 7.88. The van der Waals surface area contributed by atoms with Crippen molar-refractivity contribution in [1.82, 2.24) is 15.2 Å². The van der Waals surface area contributed by atoms with Gasteiger partial charge in [0, 0.05) is 21.5 Å². The lowest BCUT2D eigenvalue weighted by molar-refractivity contribution is 0.215. The fourth-order valence-electron chi connectivity index (χ4n) is 3.54. The van der Waals surface area contributed by atoms with Crippen LogP contribution in [0.5, 0.6) is 11.6 Å². The van der Waals surface area contributed by atoms with Crippen LogP contribution in [-0.2, 0) is 0 Å². The molecule has 2 aromatic carbocycles. The predicted octanol–water partition coefficient (Wildman–Crippen LogP) is 7.27. The van der Waals surface area contributed by atoms with E-state index in [2.05, 4.69) is 45.3 Å². The van der Waals surface area contributed by atoms with E-state index in [1.807, 2.05) is 42.5 Å². The summed E-state index contributed by atoms with van der Waals surface area (Å²) in [5, 5.41) is 13.0. The Morgan fingerprint density at radius 1 is 1.06 bits per heavy atom. The monoisotopic (exact) mass is 528 g/mol. The first kappa shape index (κ1) is 23.8. The Bertz CT molecular complexity index is 1080. The number of unbranched alkanes of at least 4 members (excludes halogenated alkanes) is 3. The van der Waals surface area contributed by atoms with E-state index in [1.54, 1.807) is 11.8 Å². The Kier molecular flexibility index (Phi) is 8.45. The Hall–Kier alpha value is -2.32. The van der Waals surface area contributed by atoms with E-state index in [-0.39, 0.29) is 0 Å². The van der Waals surface area contributed by atoms with Gasteiger partial charge in [0.1, 0.15) is 5.75 Å². The minimum atomic E-state index is -0.473. The molecule has 0 saturated heterocycles. The molecule has 1 aliphatic heterocycles. The first-order valence-corrected chi connectivity index (χ1v) is 13.3. The highest BCUT2D eigenvalue weighted by Gasteiger charge is 2.28. The highest BCUT2D eigenvalue weighted by Crippen LogP contribution is 2.42. The van der Waals surface area contributed by atoms with Crippen molar-refractivity contribution >= 4 is 33.4 Å². The maximum Gasteiger partial charge on any atom is 0.247 e. The Morgan fingerprint density at radius 3 is 2.76 bits per heavy atom. The molecule has 6 nitrogen and oxygen atoms in total. The van der Waals surface area contributed by atoms with Gasteiger partial charge in [0.2, 0.25) is 17.3 Å². The summed E-state index contributed by atoms with van der Waals surface area (Å²) in [5.74, 6) is 2.24. The van der Waals surface area contributed by atoms with Crippen LogP contribution in [0.3, 0.4) is 0 Å². The van der Waals surface area contributed by atoms with Gasteiger partial charge in [0.15, 0.2) is 5.69 Å². The van der Waals surface area contributed by atoms with Gasteiger partial charge < -0.3 is 14.8 Å². The third-order valence-electron chi connectivity index (χ3n) is 5.32. The van der Waals surface area contributed by atoms with Gasteiger partial charge in [-0.05, 0) is 43.2 Å². The molecule has 1 N–H and O–H groups in total. The van der Waals surface area contributed by atoms with Crippen molar-refractivity contribution in [2.45, 2.75) is 57.3 Å². The van der Waals surface area contributed by atoms with Gasteiger partial charge in [0.25, 0.3) is 0 Å². The van der Waals surface area contributed by atoms with Crippen LogP contribution in [0, 0.1) is 0 Å². The highest BCUT2D eigenvalue weighted by molar-refractivity contribution is 9.10. The van der Waals surface area contributed by atoms with Gasteiger partial charge in [-0.1, -0.05) is 72.9 Å². The number of ether oxygens (including phenoxy) is 2. The van der Waals surface area contributed by atoms with E-state index in [0.717, 1.165) is 64.9 Å². The summed E-state index contributed by atoms with van der Waals surface area (Å²) in [6, 6.07) is 14.0. The quantitative estimate of drug-likeness (QED) is 0.219. The summed E-state index contributed by atoms with van der Waals surface area (Å²) in [7, 11) is 0. The van der Waals surface area contributed by atoms with Crippen molar-refractivity contribution in [3.05, 3.63) is 52.5 Å². The predicted molar refractivity (Wildman–Crippen MR) is 137 cm³/mol. The summed E-state index contributed by atoms with van der Waals surface area (Å²) in [4.78, 5) is 4.74. The summed E-state index contributed by atoms with van der Waals surface area (Å²) >= 11 is 5.18. The fourth-order valence-corrected chi connectivity index (χ4v) is 4.77. The number of hydrogen-bond acceptors (Lipinski definition) is 7. The van der Waals surface area contributed by atoms with Gasteiger partial charge in [-0.2, -0.15) is 4.98 Å². The van der Waals surface area contributed by atoms with E-state index < -0.39 is 6.23 Å². The average Bonchev–Trinajstić information content (AvgIpc) is 2.98. The van der Waals surface area contributed by atoms with E-state index in [4.69, 9.17) is 14.5 Å².